The van der Waals surface area contributed by atoms with Crippen LogP contribution in [0, 0.1) is 13.8 Å². The lowest BCUT2D eigenvalue weighted by Gasteiger charge is -2.29. The van der Waals surface area contributed by atoms with Gasteiger partial charge in [-0.1, -0.05) is 6.07 Å². The fourth-order valence-corrected chi connectivity index (χ4v) is 3.41. The first-order valence-electron chi connectivity index (χ1n) is 9.90. The fourth-order valence-electron chi connectivity index (χ4n) is 3.41. The van der Waals surface area contributed by atoms with Gasteiger partial charge in [0.05, 0.1) is 0 Å². The van der Waals surface area contributed by atoms with Crippen molar-refractivity contribution in [3.63, 3.8) is 0 Å². The molecule has 1 fully saturated rings. The molecule has 0 unspecified atom stereocenters. The number of carbonyl (C=O) groups excluding carboxylic acids is 1. The van der Waals surface area contributed by atoms with Gasteiger partial charge in [0, 0.05) is 18.8 Å². The van der Waals surface area contributed by atoms with Crippen LogP contribution in [0.2, 0.25) is 0 Å². The normalized spacial score (nSPS) is 16.4. The number of nitrogens with one attached hydrogen (secondary N) is 1. The lowest BCUT2D eigenvalue weighted by atomic mass is 10.1. The van der Waals surface area contributed by atoms with E-state index in [9.17, 15) is 4.79 Å². The smallest absolute Gasteiger partial charge is 0.265 e. The van der Waals surface area contributed by atoms with Gasteiger partial charge in [-0.25, -0.2) is 0 Å². The van der Waals surface area contributed by atoms with Crippen molar-refractivity contribution < 1.29 is 14.3 Å². The first-order chi connectivity index (χ1) is 13.4. The van der Waals surface area contributed by atoms with Crippen molar-refractivity contribution in [3.05, 3.63) is 53.6 Å². The summed E-state index contributed by atoms with van der Waals surface area (Å²) in [4.78, 5) is 14.8. The molecular formula is C23H30N2O3. The molecule has 0 saturated carbocycles. The van der Waals surface area contributed by atoms with Crippen molar-refractivity contribution in [3.8, 4) is 11.5 Å². The minimum Gasteiger partial charge on any atom is -0.490 e. The zero-order chi connectivity index (χ0) is 20.1. The molecule has 0 aromatic heterocycles. The van der Waals surface area contributed by atoms with Crippen molar-refractivity contribution in [1.29, 1.82) is 0 Å². The van der Waals surface area contributed by atoms with E-state index in [1.165, 1.54) is 0 Å². The Morgan fingerprint density at radius 3 is 2.25 bits per heavy atom. The van der Waals surface area contributed by atoms with E-state index < -0.39 is 6.10 Å². The zero-order valence-electron chi connectivity index (χ0n) is 17.2. The number of anilines is 1. The van der Waals surface area contributed by atoms with Crippen molar-refractivity contribution in [2.45, 2.75) is 45.8 Å². The number of amides is 1. The average molecular weight is 383 g/mol. The molecule has 0 bridgehead atoms. The SMILES string of the molecule is Cc1cc(C)cc(O[C@H](C)C(=O)Nc2ccc(OC3CCN(C)CC3)cc2)c1. The molecule has 1 aliphatic heterocycles. The zero-order valence-corrected chi connectivity index (χ0v) is 17.2. The molecule has 1 amide bonds. The van der Waals surface area contributed by atoms with Crippen LogP contribution in [0.1, 0.15) is 30.9 Å². The number of likely N-dealkylation sites (tertiary alicyclic amines) is 1. The van der Waals surface area contributed by atoms with Gasteiger partial charge in [-0.2, -0.15) is 0 Å². The standard InChI is InChI=1S/C23H30N2O3/c1-16-13-17(2)15-22(14-16)27-18(3)23(26)24-19-5-7-20(8-6-19)28-21-9-11-25(4)12-10-21/h5-8,13-15,18,21H,9-12H2,1-4H3,(H,24,26)/t18-/m1/s1. The highest BCUT2D eigenvalue weighted by molar-refractivity contribution is 5.94. The van der Waals surface area contributed by atoms with Crippen LogP contribution in [0.3, 0.4) is 0 Å². The quantitative estimate of drug-likeness (QED) is 0.814. The maximum absolute atomic E-state index is 12.4. The summed E-state index contributed by atoms with van der Waals surface area (Å²) in [6, 6.07) is 13.5. The molecule has 1 heterocycles. The van der Waals surface area contributed by atoms with E-state index in [0.717, 1.165) is 48.5 Å². The summed E-state index contributed by atoms with van der Waals surface area (Å²) in [5.74, 6) is 1.37. The van der Waals surface area contributed by atoms with Crippen molar-refractivity contribution in [2.75, 3.05) is 25.5 Å². The van der Waals surface area contributed by atoms with E-state index in [2.05, 4.69) is 23.3 Å². The third-order valence-corrected chi connectivity index (χ3v) is 4.97. The highest BCUT2D eigenvalue weighted by Gasteiger charge is 2.18. The van der Waals surface area contributed by atoms with Gasteiger partial charge in [0.25, 0.3) is 5.91 Å². The number of hydrogen-bond donors (Lipinski definition) is 1. The lowest BCUT2D eigenvalue weighted by Crippen LogP contribution is -2.35. The number of nitrogens with zero attached hydrogens (tertiary/aromatic N) is 1. The number of benzene rings is 2. The molecule has 3 rings (SSSR count). The van der Waals surface area contributed by atoms with Gasteiger partial charge in [0.1, 0.15) is 17.6 Å². The third-order valence-electron chi connectivity index (χ3n) is 4.97. The van der Waals surface area contributed by atoms with Gasteiger partial charge >= 0.3 is 0 Å². The molecular weight excluding hydrogens is 352 g/mol. The van der Waals surface area contributed by atoms with Gasteiger partial charge in [0.2, 0.25) is 0 Å². The summed E-state index contributed by atoms with van der Waals surface area (Å²) in [5, 5.41) is 2.90. The Balaban J connectivity index is 1.52. The van der Waals surface area contributed by atoms with E-state index in [-0.39, 0.29) is 12.0 Å². The van der Waals surface area contributed by atoms with Crippen LogP contribution in [-0.4, -0.2) is 43.2 Å². The highest BCUT2D eigenvalue weighted by atomic mass is 16.5. The molecule has 0 spiro atoms. The molecule has 1 saturated heterocycles. The van der Waals surface area contributed by atoms with Crippen LogP contribution >= 0.6 is 0 Å². The minimum atomic E-state index is -0.587. The first-order valence-corrected chi connectivity index (χ1v) is 9.90. The predicted molar refractivity (Wildman–Crippen MR) is 112 cm³/mol. The molecule has 1 atom stereocenters. The third kappa shape index (κ3) is 5.73. The van der Waals surface area contributed by atoms with Gasteiger partial charge in [0.15, 0.2) is 6.10 Å². The first kappa shape index (κ1) is 20.2. The second-order valence-electron chi connectivity index (χ2n) is 7.72. The van der Waals surface area contributed by atoms with Gasteiger partial charge < -0.3 is 19.7 Å². The maximum Gasteiger partial charge on any atom is 0.265 e. The molecule has 1 N–H and O–H groups in total. The van der Waals surface area contributed by atoms with E-state index in [1.54, 1.807) is 6.92 Å². The van der Waals surface area contributed by atoms with Crippen molar-refractivity contribution >= 4 is 11.6 Å². The second-order valence-corrected chi connectivity index (χ2v) is 7.72. The Labute approximate surface area is 167 Å². The molecule has 2 aromatic rings. The monoisotopic (exact) mass is 382 g/mol. The van der Waals surface area contributed by atoms with E-state index in [0.29, 0.717) is 5.75 Å². The predicted octanol–water partition coefficient (Wildman–Crippen LogP) is 4.18. The van der Waals surface area contributed by atoms with E-state index in [4.69, 9.17) is 9.47 Å². The molecule has 28 heavy (non-hydrogen) atoms. The Hall–Kier alpha value is -2.53. The Morgan fingerprint density at radius 2 is 1.64 bits per heavy atom. The van der Waals surface area contributed by atoms with Crippen molar-refractivity contribution in [2.24, 2.45) is 0 Å². The molecule has 5 nitrogen and oxygen atoms in total. The van der Waals surface area contributed by atoms with Gasteiger partial charge in [-0.3, -0.25) is 4.79 Å². The number of hydrogen-bond acceptors (Lipinski definition) is 4. The van der Waals surface area contributed by atoms with E-state index >= 15 is 0 Å². The number of aryl methyl sites for hydroxylation is 2. The summed E-state index contributed by atoms with van der Waals surface area (Å²) in [6.07, 6.45) is 1.77. The summed E-state index contributed by atoms with van der Waals surface area (Å²) in [6.45, 7) is 7.92. The van der Waals surface area contributed by atoms with Crippen LogP contribution < -0.4 is 14.8 Å². The lowest BCUT2D eigenvalue weighted by molar-refractivity contribution is -0.122. The summed E-state index contributed by atoms with van der Waals surface area (Å²) < 4.78 is 11.9. The van der Waals surface area contributed by atoms with Crippen molar-refractivity contribution in [1.82, 2.24) is 4.90 Å². The summed E-state index contributed by atoms with van der Waals surface area (Å²) >= 11 is 0. The van der Waals surface area contributed by atoms with Crippen LogP contribution in [0.25, 0.3) is 0 Å². The second kappa shape index (κ2) is 9.11. The van der Waals surface area contributed by atoms with Crippen LogP contribution in [-0.2, 0) is 4.79 Å². The molecule has 150 valence electrons. The highest BCUT2D eigenvalue weighted by Crippen LogP contribution is 2.22. The summed E-state index contributed by atoms with van der Waals surface area (Å²) in [5.41, 5.74) is 2.96. The number of piperidine rings is 1. The minimum absolute atomic E-state index is 0.178. The molecule has 1 aliphatic rings. The Kier molecular flexibility index (Phi) is 6.57. The Morgan fingerprint density at radius 1 is 1.04 bits per heavy atom. The molecule has 2 aromatic carbocycles. The van der Waals surface area contributed by atoms with Gasteiger partial charge in [-0.05, 0) is 88.2 Å². The number of ether oxygens (including phenoxy) is 2. The maximum atomic E-state index is 12.4. The van der Waals surface area contributed by atoms with Crippen LogP contribution in [0.5, 0.6) is 11.5 Å². The molecule has 0 radical (unpaired) electrons. The number of carbonyl (C=O) groups is 1. The largest absolute Gasteiger partial charge is 0.490 e. The fraction of sp³-hybridized carbons (Fsp3) is 0.435. The van der Waals surface area contributed by atoms with Crippen LogP contribution in [0.15, 0.2) is 42.5 Å². The van der Waals surface area contributed by atoms with Gasteiger partial charge in [-0.15, -0.1) is 0 Å². The van der Waals surface area contributed by atoms with E-state index in [1.807, 2.05) is 50.2 Å². The van der Waals surface area contributed by atoms with Crippen LogP contribution in [0.4, 0.5) is 5.69 Å². The molecule has 0 aliphatic carbocycles. The number of rotatable bonds is 6. The molecule has 5 heteroatoms. The topological polar surface area (TPSA) is 50.8 Å². The average Bonchev–Trinajstić information content (AvgIpc) is 2.64. The Bertz CT molecular complexity index is 776. The summed E-state index contributed by atoms with van der Waals surface area (Å²) in [7, 11) is 2.14.